The number of aliphatic hydroxyl groups excluding tert-OH is 1. The van der Waals surface area contributed by atoms with Gasteiger partial charge in [0, 0.05) is 12.1 Å². The summed E-state index contributed by atoms with van der Waals surface area (Å²) in [6.07, 6.45) is -0.627. The van der Waals surface area contributed by atoms with E-state index in [9.17, 15) is 9.90 Å². The van der Waals surface area contributed by atoms with Crippen LogP contribution in [-0.2, 0) is 4.74 Å². The van der Waals surface area contributed by atoms with Crippen LogP contribution in [0, 0.1) is 0 Å². The molecule has 7 nitrogen and oxygen atoms in total. The average Bonchev–Trinajstić information content (AvgIpc) is 3.08. The first-order valence-electron chi connectivity index (χ1n) is 8.46. The minimum absolute atomic E-state index is 0.0659. The zero-order chi connectivity index (χ0) is 19.2. The molecule has 1 heterocycles. The van der Waals surface area contributed by atoms with Gasteiger partial charge in [0.15, 0.2) is 5.69 Å². The van der Waals surface area contributed by atoms with Crippen LogP contribution in [0.1, 0.15) is 38.2 Å². The Balaban J connectivity index is 2.03. The van der Waals surface area contributed by atoms with Gasteiger partial charge in [-0.15, -0.1) is 5.10 Å². The number of aromatic nitrogens is 2. The second-order valence-corrected chi connectivity index (χ2v) is 7.55. The molecule has 0 aliphatic carbocycles. The normalized spacial score (nSPS) is 12.7. The van der Waals surface area contributed by atoms with Gasteiger partial charge in [0.1, 0.15) is 18.5 Å². The molecule has 1 unspecified atom stereocenters. The summed E-state index contributed by atoms with van der Waals surface area (Å²) in [5.74, 6) is 0.103. The van der Waals surface area contributed by atoms with Crippen LogP contribution in [0.25, 0.3) is 10.4 Å². The molecule has 142 valence electrons. The fraction of sp³-hybridized carbons (Fsp3) is 0.500. The Labute approximate surface area is 157 Å². The van der Waals surface area contributed by atoms with E-state index in [0.717, 1.165) is 17.1 Å². The maximum atomic E-state index is 12.0. The third-order valence-electron chi connectivity index (χ3n) is 3.36. The van der Waals surface area contributed by atoms with Crippen LogP contribution < -0.4 is 10.1 Å². The molecule has 1 aromatic heterocycles. The van der Waals surface area contributed by atoms with Crippen LogP contribution in [-0.4, -0.2) is 52.1 Å². The number of aliphatic hydroxyl groups is 1. The van der Waals surface area contributed by atoms with Crippen molar-refractivity contribution < 1.29 is 19.4 Å². The number of carbonyl (C=O) groups is 1. The molecule has 0 fully saturated rings. The summed E-state index contributed by atoms with van der Waals surface area (Å²) in [6, 6.07) is 7.26. The van der Waals surface area contributed by atoms with E-state index < -0.39 is 12.1 Å². The topological polar surface area (TPSA) is 93.6 Å². The molecule has 0 saturated heterocycles. The summed E-state index contributed by atoms with van der Waals surface area (Å²) in [5.41, 5.74) is 0.898. The van der Waals surface area contributed by atoms with Gasteiger partial charge in [0.05, 0.1) is 11.5 Å². The Bertz CT molecular complexity index is 727. The summed E-state index contributed by atoms with van der Waals surface area (Å²) in [5, 5.41) is 17.1. The number of nitrogens with one attached hydrogen (secondary N) is 1. The predicted octanol–water partition coefficient (Wildman–Crippen LogP) is 2.51. The number of benzene rings is 1. The predicted molar refractivity (Wildman–Crippen MR) is 101 cm³/mol. The van der Waals surface area contributed by atoms with Crippen molar-refractivity contribution in [3.8, 4) is 16.2 Å². The van der Waals surface area contributed by atoms with Gasteiger partial charge in [-0.1, -0.05) is 16.6 Å². The Morgan fingerprint density at radius 3 is 2.85 bits per heavy atom. The average molecular weight is 379 g/mol. The Morgan fingerprint density at radius 1 is 1.38 bits per heavy atom. The molecule has 1 atom stereocenters. The Hall–Kier alpha value is -2.03. The van der Waals surface area contributed by atoms with Crippen LogP contribution in [0.2, 0.25) is 0 Å². The fourth-order valence-corrected chi connectivity index (χ4v) is 2.76. The molecule has 0 saturated carbocycles. The minimum Gasteiger partial charge on any atom is -0.491 e. The highest BCUT2D eigenvalue weighted by Gasteiger charge is 2.19. The van der Waals surface area contributed by atoms with Crippen molar-refractivity contribution in [1.29, 1.82) is 0 Å². The number of hydrogen-bond donors (Lipinski definition) is 2. The molecule has 2 N–H and O–H groups in total. The van der Waals surface area contributed by atoms with E-state index >= 15 is 0 Å². The van der Waals surface area contributed by atoms with Crippen molar-refractivity contribution >= 4 is 17.5 Å². The quantitative estimate of drug-likeness (QED) is 0.681. The standard InChI is InChI=1S/C18H25N3O4S/c1-5-24-17(23)15-16(26-21-20-15)12-7-6-8-14(9-12)25-11-13(22)10-19-18(2,3)4/h6-9,13,19,22H,5,10-11H2,1-4H3. The van der Waals surface area contributed by atoms with E-state index in [2.05, 4.69) is 14.9 Å². The summed E-state index contributed by atoms with van der Waals surface area (Å²) in [4.78, 5) is 12.6. The van der Waals surface area contributed by atoms with Crippen LogP contribution >= 0.6 is 11.5 Å². The summed E-state index contributed by atoms with van der Waals surface area (Å²) in [6.45, 7) is 8.73. The number of β-amino-alcohol motifs (C(OH)–C–C–N with tert-alkyl or cyclic N) is 1. The summed E-state index contributed by atoms with van der Waals surface area (Å²) in [7, 11) is 0. The maximum absolute atomic E-state index is 12.0. The monoisotopic (exact) mass is 379 g/mol. The highest BCUT2D eigenvalue weighted by atomic mass is 32.1. The first kappa shape index (κ1) is 20.3. The number of carbonyl (C=O) groups excluding carboxylic acids is 1. The molecule has 0 aliphatic rings. The van der Waals surface area contributed by atoms with E-state index in [1.807, 2.05) is 32.9 Å². The lowest BCUT2D eigenvalue weighted by molar-refractivity contribution is 0.0520. The van der Waals surface area contributed by atoms with Gasteiger partial charge in [-0.3, -0.25) is 0 Å². The molecule has 26 heavy (non-hydrogen) atoms. The molecule has 0 aliphatic heterocycles. The number of rotatable bonds is 8. The van der Waals surface area contributed by atoms with Crippen LogP contribution in [0.5, 0.6) is 5.75 Å². The van der Waals surface area contributed by atoms with Crippen molar-refractivity contribution in [1.82, 2.24) is 14.9 Å². The second kappa shape index (κ2) is 9.07. The molecule has 0 spiro atoms. The van der Waals surface area contributed by atoms with E-state index in [1.54, 1.807) is 19.1 Å². The van der Waals surface area contributed by atoms with Gasteiger partial charge in [0.25, 0.3) is 0 Å². The van der Waals surface area contributed by atoms with E-state index in [1.165, 1.54) is 0 Å². The molecule has 0 radical (unpaired) electrons. The van der Waals surface area contributed by atoms with Crippen molar-refractivity contribution in [3.05, 3.63) is 30.0 Å². The Morgan fingerprint density at radius 2 is 2.15 bits per heavy atom. The summed E-state index contributed by atoms with van der Waals surface area (Å²) >= 11 is 1.12. The van der Waals surface area contributed by atoms with Gasteiger partial charge < -0.3 is 19.9 Å². The molecule has 1 aromatic carbocycles. The zero-order valence-corrected chi connectivity index (χ0v) is 16.3. The molecular weight excluding hydrogens is 354 g/mol. The number of esters is 1. The highest BCUT2D eigenvalue weighted by molar-refractivity contribution is 7.09. The second-order valence-electron chi connectivity index (χ2n) is 6.79. The molecule has 8 heteroatoms. The third kappa shape index (κ3) is 6.05. The van der Waals surface area contributed by atoms with E-state index in [4.69, 9.17) is 9.47 Å². The van der Waals surface area contributed by atoms with Gasteiger partial charge in [-0.25, -0.2) is 4.79 Å². The van der Waals surface area contributed by atoms with Gasteiger partial charge in [-0.2, -0.15) is 0 Å². The molecule has 0 bridgehead atoms. The minimum atomic E-state index is -0.627. The molecule has 2 aromatic rings. The van der Waals surface area contributed by atoms with Gasteiger partial charge in [-0.05, 0) is 56.9 Å². The van der Waals surface area contributed by atoms with Gasteiger partial charge >= 0.3 is 5.97 Å². The van der Waals surface area contributed by atoms with Crippen LogP contribution in [0.15, 0.2) is 24.3 Å². The van der Waals surface area contributed by atoms with E-state index in [-0.39, 0.29) is 24.4 Å². The van der Waals surface area contributed by atoms with E-state index in [0.29, 0.717) is 17.2 Å². The lowest BCUT2D eigenvalue weighted by Gasteiger charge is -2.23. The molecule has 2 rings (SSSR count). The van der Waals surface area contributed by atoms with Crippen LogP contribution in [0.3, 0.4) is 0 Å². The number of nitrogens with zero attached hydrogens (tertiary/aromatic N) is 2. The van der Waals surface area contributed by atoms with Crippen molar-refractivity contribution in [2.45, 2.75) is 39.3 Å². The molecular formula is C18H25N3O4S. The maximum Gasteiger partial charge on any atom is 0.360 e. The Kier molecular flexibility index (Phi) is 7.07. The molecule has 0 amide bonds. The van der Waals surface area contributed by atoms with Crippen LogP contribution in [0.4, 0.5) is 0 Å². The van der Waals surface area contributed by atoms with Crippen molar-refractivity contribution in [3.63, 3.8) is 0 Å². The number of hydrogen-bond acceptors (Lipinski definition) is 8. The SMILES string of the molecule is CCOC(=O)c1nnsc1-c1cccc(OCC(O)CNC(C)(C)C)c1. The van der Waals surface area contributed by atoms with Crippen molar-refractivity contribution in [2.24, 2.45) is 0 Å². The number of ether oxygens (including phenoxy) is 2. The third-order valence-corrected chi connectivity index (χ3v) is 4.14. The first-order valence-corrected chi connectivity index (χ1v) is 9.23. The largest absolute Gasteiger partial charge is 0.491 e. The van der Waals surface area contributed by atoms with Crippen molar-refractivity contribution in [2.75, 3.05) is 19.8 Å². The fourth-order valence-electron chi connectivity index (χ4n) is 2.12. The zero-order valence-electron chi connectivity index (χ0n) is 15.5. The van der Waals surface area contributed by atoms with Gasteiger partial charge in [0.2, 0.25) is 0 Å². The first-order chi connectivity index (χ1) is 12.3. The highest BCUT2D eigenvalue weighted by Crippen LogP contribution is 2.29. The summed E-state index contributed by atoms with van der Waals surface area (Å²) < 4.78 is 14.5. The lowest BCUT2D eigenvalue weighted by Crippen LogP contribution is -2.42. The lowest BCUT2D eigenvalue weighted by atomic mass is 10.1. The smallest absolute Gasteiger partial charge is 0.360 e.